The van der Waals surface area contributed by atoms with Gasteiger partial charge in [-0.3, -0.25) is 5.10 Å². The monoisotopic (exact) mass is 148 g/mol. The average molecular weight is 148 g/mol. The number of nitrogens with two attached hydrogens (primary N) is 1. The van der Waals surface area contributed by atoms with E-state index in [0.717, 1.165) is 16.8 Å². The Bertz CT molecular complexity index is 390. The number of hydrogen-bond donors (Lipinski definition) is 2. The van der Waals surface area contributed by atoms with E-state index in [2.05, 4.69) is 15.2 Å². The van der Waals surface area contributed by atoms with Gasteiger partial charge in [0.2, 0.25) is 0 Å². The predicted octanol–water partition coefficient (Wildman–Crippen LogP) is 0.849. The summed E-state index contributed by atoms with van der Waals surface area (Å²) in [6.45, 7) is 1.92. The van der Waals surface area contributed by atoms with E-state index in [9.17, 15) is 0 Å². The second-order valence-electron chi connectivity index (χ2n) is 2.45. The molecule has 4 heteroatoms. The van der Waals surface area contributed by atoms with Crippen molar-refractivity contribution in [1.29, 1.82) is 0 Å². The Kier molecular flexibility index (Phi) is 1.09. The van der Waals surface area contributed by atoms with Crippen LogP contribution in [0.25, 0.3) is 11.0 Å². The molecule has 0 aliphatic carbocycles. The van der Waals surface area contributed by atoms with E-state index in [-0.39, 0.29) is 0 Å². The lowest BCUT2D eigenvalue weighted by atomic mass is 10.2. The first-order chi connectivity index (χ1) is 5.29. The van der Waals surface area contributed by atoms with Crippen LogP contribution in [0.1, 0.15) is 5.69 Å². The maximum Gasteiger partial charge on any atom is 0.183 e. The molecule has 0 amide bonds. The summed E-state index contributed by atoms with van der Waals surface area (Å²) < 4.78 is 0. The van der Waals surface area contributed by atoms with Crippen molar-refractivity contribution in [1.82, 2.24) is 15.2 Å². The summed E-state index contributed by atoms with van der Waals surface area (Å²) in [5.74, 6) is 0. The van der Waals surface area contributed by atoms with E-state index in [4.69, 9.17) is 5.73 Å². The third kappa shape index (κ3) is 0.756. The molecule has 0 bridgehead atoms. The third-order valence-corrected chi connectivity index (χ3v) is 1.67. The average Bonchev–Trinajstić information content (AvgIpc) is 2.34. The van der Waals surface area contributed by atoms with Gasteiger partial charge in [-0.25, -0.2) is 4.98 Å². The number of anilines is 1. The number of rotatable bonds is 0. The van der Waals surface area contributed by atoms with E-state index in [0.29, 0.717) is 5.65 Å². The van der Waals surface area contributed by atoms with E-state index < -0.39 is 0 Å². The van der Waals surface area contributed by atoms with Gasteiger partial charge in [-0.2, -0.15) is 5.10 Å². The molecule has 2 aromatic heterocycles. The maximum atomic E-state index is 5.70. The minimum Gasteiger partial charge on any atom is -0.398 e. The normalized spacial score (nSPS) is 10.6. The lowest BCUT2D eigenvalue weighted by Gasteiger charge is -1.92. The van der Waals surface area contributed by atoms with Crippen molar-refractivity contribution in [2.75, 3.05) is 5.73 Å². The number of hydrogen-bond acceptors (Lipinski definition) is 3. The number of nitrogen functional groups attached to an aromatic ring is 1. The molecule has 3 N–H and O–H groups in total. The van der Waals surface area contributed by atoms with Crippen molar-refractivity contribution in [3.8, 4) is 0 Å². The molecule has 0 fully saturated rings. The van der Waals surface area contributed by atoms with Crippen LogP contribution in [0.15, 0.2) is 12.3 Å². The van der Waals surface area contributed by atoms with E-state index in [1.807, 2.05) is 6.92 Å². The smallest absolute Gasteiger partial charge is 0.183 e. The second kappa shape index (κ2) is 1.95. The molecule has 0 aliphatic rings. The van der Waals surface area contributed by atoms with Gasteiger partial charge in [-0.1, -0.05) is 0 Å². The number of nitrogens with one attached hydrogen (secondary N) is 1. The van der Waals surface area contributed by atoms with Gasteiger partial charge in [-0.15, -0.1) is 0 Å². The first kappa shape index (κ1) is 6.15. The number of pyridine rings is 1. The van der Waals surface area contributed by atoms with Crippen molar-refractivity contribution >= 4 is 16.7 Å². The fourth-order valence-corrected chi connectivity index (χ4v) is 1.13. The summed E-state index contributed by atoms with van der Waals surface area (Å²) in [4.78, 5) is 4.04. The maximum absolute atomic E-state index is 5.70. The molecular weight excluding hydrogens is 140 g/mol. The van der Waals surface area contributed by atoms with Crippen molar-refractivity contribution in [3.63, 3.8) is 0 Å². The highest BCUT2D eigenvalue weighted by Gasteiger charge is 2.03. The van der Waals surface area contributed by atoms with Crippen LogP contribution in [0.5, 0.6) is 0 Å². The predicted molar refractivity (Wildman–Crippen MR) is 43.0 cm³/mol. The Balaban J connectivity index is 2.96. The Hall–Kier alpha value is -1.58. The molecule has 4 nitrogen and oxygen atoms in total. The van der Waals surface area contributed by atoms with E-state index in [1.54, 1.807) is 12.3 Å². The van der Waals surface area contributed by atoms with Gasteiger partial charge in [-0.05, 0) is 13.0 Å². The number of nitrogens with zero attached hydrogens (tertiary/aromatic N) is 2. The SMILES string of the molecule is Cc1[nH]nc2nccc(N)c12. The summed E-state index contributed by atoms with van der Waals surface area (Å²) >= 11 is 0. The Morgan fingerprint density at radius 3 is 3.09 bits per heavy atom. The molecule has 2 aromatic rings. The number of fused-ring (bicyclic) bond motifs is 1. The highest BCUT2D eigenvalue weighted by molar-refractivity contribution is 5.89. The Morgan fingerprint density at radius 2 is 2.36 bits per heavy atom. The lowest BCUT2D eigenvalue weighted by Crippen LogP contribution is -1.87. The molecular formula is C7H8N4. The standard InChI is InChI=1S/C7H8N4/c1-4-6-5(8)2-3-9-7(6)11-10-4/h2-3H,1H3,(H3,8,9,10,11). The number of aromatic nitrogens is 3. The Morgan fingerprint density at radius 1 is 1.55 bits per heavy atom. The fraction of sp³-hybridized carbons (Fsp3) is 0.143. The molecule has 0 radical (unpaired) electrons. The van der Waals surface area contributed by atoms with Gasteiger partial charge in [0.1, 0.15) is 0 Å². The van der Waals surface area contributed by atoms with Gasteiger partial charge >= 0.3 is 0 Å². The number of aromatic amines is 1. The number of H-pyrrole nitrogens is 1. The molecule has 0 atom stereocenters. The van der Waals surface area contributed by atoms with Crippen LogP contribution in [0.4, 0.5) is 5.69 Å². The van der Waals surface area contributed by atoms with Gasteiger partial charge in [0.15, 0.2) is 5.65 Å². The topological polar surface area (TPSA) is 67.6 Å². The summed E-state index contributed by atoms with van der Waals surface area (Å²) in [6, 6.07) is 1.77. The summed E-state index contributed by atoms with van der Waals surface area (Å²) in [6.07, 6.45) is 1.65. The first-order valence-electron chi connectivity index (χ1n) is 3.34. The first-order valence-corrected chi connectivity index (χ1v) is 3.34. The molecule has 11 heavy (non-hydrogen) atoms. The largest absolute Gasteiger partial charge is 0.398 e. The molecule has 2 heterocycles. The molecule has 56 valence electrons. The fourth-order valence-electron chi connectivity index (χ4n) is 1.13. The molecule has 0 aromatic carbocycles. The zero-order valence-electron chi connectivity index (χ0n) is 6.13. The number of aryl methyl sites for hydroxylation is 1. The van der Waals surface area contributed by atoms with Crippen LogP contribution >= 0.6 is 0 Å². The van der Waals surface area contributed by atoms with Crippen molar-refractivity contribution in [2.45, 2.75) is 6.92 Å². The van der Waals surface area contributed by atoms with Crippen LogP contribution in [0, 0.1) is 6.92 Å². The molecule has 0 aliphatic heterocycles. The van der Waals surface area contributed by atoms with Crippen LogP contribution in [0.2, 0.25) is 0 Å². The van der Waals surface area contributed by atoms with Gasteiger partial charge in [0, 0.05) is 17.6 Å². The third-order valence-electron chi connectivity index (χ3n) is 1.67. The van der Waals surface area contributed by atoms with Crippen molar-refractivity contribution in [3.05, 3.63) is 18.0 Å². The summed E-state index contributed by atoms with van der Waals surface area (Å²) in [5, 5.41) is 7.71. The summed E-state index contributed by atoms with van der Waals surface area (Å²) in [5.41, 5.74) is 8.07. The van der Waals surface area contributed by atoms with Crippen LogP contribution in [0.3, 0.4) is 0 Å². The zero-order chi connectivity index (χ0) is 7.84. The molecule has 2 rings (SSSR count). The van der Waals surface area contributed by atoms with Crippen LogP contribution in [-0.2, 0) is 0 Å². The van der Waals surface area contributed by atoms with Crippen LogP contribution in [-0.4, -0.2) is 15.2 Å². The minimum atomic E-state index is 0.683. The second-order valence-corrected chi connectivity index (χ2v) is 2.45. The quantitative estimate of drug-likeness (QED) is 0.582. The van der Waals surface area contributed by atoms with Gasteiger partial charge < -0.3 is 5.73 Å². The van der Waals surface area contributed by atoms with Crippen molar-refractivity contribution < 1.29 is 0 Å². The highest BCUT2D eigenvalue weighted by atomic mass is 15.1. The van der Waals surface area contributed by atoms with E-state index >= 15 is 0 Å². The molecule has 0 unspecified atom stereocenters. The summed E-state index contributed by atoms with van der Waals surface area (Å²) in [7, 11) is 0. The molecule has 0 saturated heterocycles. The molecule has 0 saturated carbocycles. The van der Waals surface area contributed by atoms with Gasteiger partial charge in [0.25, 0.3) is 0 Å². The minimum absolute atomic E-state index is 0.683. The Labute approximate surface area is 63.4 Å². The van der Waals surface area contributed by atoms with Crippen molar-refractivity contribution in [2.24, 2.45) is 0 Å². The molecule has 0 spiro atoms. The van der Waals surface area contributed by atoms with Crippen LogP contribution < -0.4 is 5.73 Å². The zero-order valence-corrected chi connectivity index (χ0v) is 6.13. The van der Waals surface area contributed by atoms with Gasteiger partial charge in [0.05, 0.1) is 5.39 Å². The highest BCUT2D eigenvalue weighted by Crippen LogP contribution is 2.18. The van der Waals surface area contributed by atoms with E-state index in [1.165, 1.54) is 0 Å². The lowest BCUT2D eigenvalue weighted by molar-refractivity contribution is 1.05.